The molecular weight excluding hydrogens is 338 g/mol. The molecule has 0 radical (unpaired) electrons. The molecule has 4 nitrogen and oxygen atoms in total. The van der Waals surface area contributed by atoms with E-state index in [1.165, 1.54) is 10.8 Å². The van der Waals surface area contributed by atoms with Gasteiger partial charge in [0, 0.05) is 22.9 Å². The fourth-order valence-corrected chi connectivity index (χ4v) is 6.66. The van der Waals surface area contributed by atoms with Crippen LogP contribution >= 0.6 is 0 Å². The number of hydrogen-bond donors (Lipinski definition) is 3. The quantitative estimate of drug-likeness (QED) is 0.761. The van der Waals surface area contributed by atoms with E-state index in [4.69, 9.17) is 4.74 Å². The molecule has 6 unspecified atom stereocenters. The number of nitrogens with one attached hydrogen (secondary N) is 1. The van der Waals surface area contributed by atoms with Gasteiger partial charge in [0.1, 0.15) is 0 Å². The van der Waals surface area contributed by atoms with Gasteiger partial charge in [0.25, 0.3) is 0 Å². The van der Waals surface area contributed by atoms with Crippen LogP contribution < -0.4 is 10.6 Å². The molecule has 0 aromatic carbocycles. The fourth-order valence-electron chi connectivity index (χ4n) is 6.66. The highest BCUT2D eigenvalue weighted by Crippen LogP contribution is 2.62. The molecule has 1 aromatic rings. The minimum atomic E-state index is -1.15. The monoisotopic (exact) mass is 371 g/mol. The molecule has 1 saturated carbocycles. The summed E-state index contributed by atoms with van der Waals surface area (Å²) < 4.78 is 6.18. The van der Waals surface area contributed by atoms with Gasteiger partial charge < -0.3 is 19.9 Å². The van der Waals surface area contributed by atoms with Crippen LogP contribution in [0.25, 0.3) is 12.2 Å². The van der Waals surface area contributed by atoms with E-state index in [1.54, 1.807) is 0 Å². The zero-order valence-electron chi connectivity index (χ0n) is 16.8. The van der Waals surface area contributed by atoms with Crippen LogP contribution in [0.2, 0.25) is 0 Å². The molecule has 3 N–H and O–H groups in total. The number of rotatable bonds is 4. The zero-order valence-corrected chi connectivity index (χ0v) is 16.8. The van der Waals surface area contributed by atoms with Gasteiger partial charge in [0.2, 0.25) is 0 Å². The van der Waals surface area contributed by atoms with Crippen molar-refractivity contribution in [1.82, 2.24) is 4.98 Å². The lowest BCUT2D eigenvalue weighted by molar-refractivity contribution is -0.233. The first kappa shape index (κ1) is 19.0. The van der Waals surface area contributed by atoms with Gasteiger partial charge in [-0.3, -0.25) is 0 Å². The Balaban J connectivity index is 2.11. The van der Waals surface area contributed by atoms with E-state index < -0.39 is 11.2 Å². The molecule has 6 atom stereocenters. The lowest BCUT2D eigenvalue weighted by Crippen LogP contribution is -2.48. The Morgan fingerprint density at radius 3 is 2.67 bits per heavy atom. The highest BCUT2D eigenvalue weighted by Gasteiger charge is 2.67. The minimum Gasteiger partial charge on any atom is -0.395 e. The van der Waals surface area contributed by atoms with Crippen LogP contribution in [-0.4, -0.2) is 34.2 Å². The molecule has 0 spiro atoms. The van der Waals surface area contributed by atoms with Crippen molar-refractivity contribution in [2.75, 3.05) is 13.2 Å². The molecule has 1 saturated heterocycles. The lowest BCUT2D eigenvalue weighted by Gasteiger charge is -2.38. The highest BCUT2D eigenvalue weighted by atomic mass is 16.6. The Morgan fingerprint density at radius 1 is 1.30 bits per heavy atom. The number of ether oxygens (including phenoxy) is 1. The van der Waals surface area contributed by atoms with Gasteiger partial charge in [-0.15, -0.1) is 0 Å². The average molecular weight is 372 g/mol. The van der Waals surface area contributed by atoms with E-state index in [1.807, 2.05) is 12.2 Å². The Hall–Kier alpha value is -1.36. The third kappa shape index (κ3) is 2.27. The summed E-state index contributed by atoms with van der Waals surface area (Å²) in [6.07, 6.45) is 9.97. The first-order valence-corrected chi connectivity index (χ1v) is 10.5. The van der Waals surface area contributed by atoms with Gasteiger partial charge in [-0.2, -0.15) is 0 Å². The van der Waals surface area contributed by atoms with Gasteiger partial charge in [-0.05, 0) is 54.9 Å². The van der Waals surface area contributed by atoms with Crippen molar-refractivity contribution in [2.45, 2.75) is 63.6 Å². The van der Waals surface area contributed by atoms with Crippen LogP contribution in [0.5, 0.6) is 0 Å². The maximum Gasteiger partial charge on any atom is 0.172 e. The third-order valence-corrected chi connectivity index (χ3v) is 7.78. The Labute approximate surface area is 161 Å². The van der Waals surface area contributed by atoms with Crippen molar-refractivity contribution in [3.05, 3.63) is 34.5 Å². The van der Waals surface area contributed by atoms with Crippen molar-refractivity contribution >= 4 is 12.2 Å². The average Bonchev–Trinajstić information content (AvgIpc) is 3.32. The summed E-state index contributed by atoms with van der Waals surface area (Å²) in [5.74, 6) is -0.404. The van der Waals surface area contributed by atoms with Gasteiger partial charge in [0.15, 0.2) is 5.79 Å². The van der Waals surface area contributed by atoms with E-state index >= 15 is 0 Å². The second-order valence-electron chi connectivity index (χ2n) is 8.63. The second-order valence-corrected chi connectivity index (χ2v) is 8.63. The van der Waals surface area contributed by atoms with Crippen molar-refractivity contribution in [1.29, 1.82) is 0 Å². The van der Waals surface area contributed by atoms with Crippen molar-refractivity contribution in [3.8, 4) is 0 Å². The molecule has 2 heterocycles. The summed E-state index contributed by atoms with van der Waals surface area (Å²) in [4.78, 5) is 3.64. The number of aromatic amines is 1. The zero-order chi connectivity index (χ0) is 19.4. The Kier molecular flexibility index (Phi) is 4.65. The largest absolute Gasteiger partial charge is 0.395 e. The summed E-state index contributed by atoms with van der Waals surface area (Å²) in [6, 6.07) is 0. The molecule has 3 aliphatic rings. The predicted molar refractivity (Wildman–Crippen MR) is 108 cm³/mol. The van der Waals surface area contributed by atoms with E-state index in [0.717, 1.165) is 36.7 Å². The molecule has 27 heavy (non-hydrogen) atoms. The van der Waals surface area contributed by atoms with Crippen molar-refractivity contribution < 1.29 is 14.9 Å². The lowest BCUT2D eigenvalue weighted by atomic mass is 9.70. The van der Waals surface area contributed by atoms with Crippen molar-refractivity contribution in [3.63, 3.8) is 0 Å². The molecule has 0 amide bonds. The minimum absolute atomic E-state index is 0.0196. The van der Waals surface area contributed by atoms with Crippen LogP contribution in [0.3, 0.4) is 0 Å². The molecule has 2 bridgehead atoms. The molecule has 2 fully saturated rings. The van der Waals surface area contributed by atoms with Crippen LogP contribution in [0.1, 0.15) is 63.6 Å². The number of fused-ring (bicyclic) bond motifs is 7. The number of aliphatic hydroxyl groups is 2. The van der Waals surface area contributed by atoms with E-state index in [9.17, 15) is 10.2 Å². The first-order chi connectivity index (χ1) is 13.0. The number of hydrogen-bond acceptors (Lipinski definition) is 3. The normalized spacial score (nSPS) is 41.5. The van der Waals surface area contributed by atoms with Crippen LogP contribution in [-0.2, 0) is 10.2 Å². The molecule has 148 valence electrons. The SMILES string of the molecule is C=C/C=c1/[nH]c2c(/c1=C/C)C1C(CC)CCC1C1(O)OCC2(CO)C1CC. The first-order valence-electron chi connectivity index (χ1n) is 10.5. The maximum absolute atomic E-state index is 11.8. The summed E-state index contributed by atoms with van der Waals surface area (Å²) in [6.45, 7) is 10.7. The van der Waals surface area contributed by atoms with Crippen molar-refractivity contribution in [2.24, 2.45) is 17.8 Å². The number of H-pyrrole nitrogens is 1. The van der Waals surface area contributed by atoms with Gasteiger partial charge in [-0.25, -0.2) is 0 Å². The van der Waals surface area contributed by atoms with Crippen LogP contribution in [0, 0.1) is 17.8 Å². The summed E-state index contributed by atoms with van der Waals surface area (Å²) in [7, 11) is 0. The van der Waals surface area contributed by atoms with Gasteiger partial charge in [0.05, 0.1) is 18.6 Å². The summed E-state index contributed by atoms with van der Waals surface area (Å²) in [5, 5.41) is 24.6. The summed E-state index contributed by atoms with van der Waals surface area (Å²) >= 11 is 0. The smallest absolute Gasteiger partial charge is 0.172 e. The number of allylic oxidation sites excluding steroid dienone is 1. The topological polar surface area (TPSA) is 65.5 Å². The molecule has 1 aromatic heterocycles. The number of aromatic nitrogens is 1. The fraction of sp³-hybridized carbons (Fsp3) is 0.652. The molecule has 4 heteroatoms. The predicted octanol–water partition coefficient (Wildman–Crippen LogP) is 2.29. The molecule has 1 aliphatic heterocycles. The van der Waals surface area contributed by atoms with Crippen LogP contribution in [0.15, 0.2) is 12.7 Å². The highest BCUT2D eigenvalue weighted by molar-refractivity contribution is 5.48. The third-order valence-electron chi connectivity index (χ3n) is 7.78. The van der Waals surface area contributed by atoms with Crippen LogP contribution in [0.4, 0.5) is 0 Å². The molecular formula is C23H33NO3. The summed E-state index contributed by atoms with van der Waals surface area (Å²) in [5.41, 5.74) is 1.82. The molecule has 4 rings (SSSR count). The van der Waals surface area contributed by atoms with E-state index in [-0.39, 0.29) is 24.4 Å². The standard InChI is InChI=1S/C23H33NO3/c1-5-9-17-15(7-3)20-19-14(6-2)10-11-16(19)23(26)18(8-4)22(12-25,13-27-23)21(20)24-17/h5,7,9,14,16,18-19,24-26H,1,6,8,10-13H2,2-4H3/b15-7+,17-9+. The Morgan fingerprint density at radius 2 is 2.07 bits per heavy atom. The molecule has 2 aliphatic carbocycles. The van der Waals surface area contributed by atoms with Gasteiger partial charge in [-0.1, -0.05) is 39.0 Å². The Bertz CT molecular complexity index is 856. The van der Waals surface area contributed by atoms with Gasteiger partial charge >= 0.3 is 0 Å². The maximum atomic E-state index is 11.8. The van der Waals surface area contributed by atoms with E-state index in [0.29, 0.717) is 12.5 Å². The van der Waals surface area contributed by atoms with E-state index in [2.05, 4.69) is 38.4 Å². The second kappa shape index (κ2) is 6.61. The number of aliphatic hydroxyl groups excluding tert-OH is 1.